The number of halogens is 1. The SMILES string of the molecule is CC(C)(C)OC(=O)Nc1ccc(F)cc1NC(=O)CCc1nc(-c2ccsc2)no1. The summed E-state index contributed by atoms with van der Waals surface area (Å²) in [5.41, 5.74) is 0.489. The van der Waals surface area contributed by atoms with Gasteiger partial charge in [-0.05, 0) is 50.4 Å². The Morgan fingerprint density at radius 1 is 1.20 bits per heavy atom. The number of amides is 2. The summed E-state index contributed by atoms with van der Waals surface area (Å²) in [5.74, 6) is -0.182. The van der Waals surface area contributed by atoms with Gasteiger partial charge in [-0.15, -0.1) is 0 Å². The molecule has 30 heavy (non-hydrogen) atoms. The summed E-state index contributed by atoms with van der Waals surface area (Å²) in [6.45, 7) is 5.17. The fourth-order valence-electron chi connectivity index (χ4n) is 2.44. The quantitative estimate of drug-likeness (QED) is 0.576. The van der Waals surface area contributed by atoms with Crippen molar-refractivity contribution in [3.63, 3.8) is 0 Å². The second kappa shape index (κ2) is 9.04. The van der Waals surface area contributed by atoms with Gasteiger partial charge >= 0.3 is 6.09 Å². The molecule has 2 heterocycles. The maximum Gasteiger partial charge on any atom is 0.412 e. The van der Waals surface area contributed by atoms with E-state index in [1.54, 1.807) is 20.8 Å². The molecule has 0 unspecified atom stereocenters. The summed E-state index contributed by atoms with van der Waals surface area (Å²) in [6.07, 6.45) is -0.461. The highest BCUT2D eigenvalue weighted by Crippen LogP contribution is 2.24. The van der Waals surface area contributed by atoms with Crippen molar-refractivity contribution in [2.24, 2.45) is 0 Å². The third kappa shape index (κ3) is 6.11. The molecule has 0 saturated carbocycles. The number of hydrogen-bond acceptors (Lipinski definition) is 7. The molecule has 2 N–H and O–H groups in total. The zero-order valence-electron chi connectivity index (χ0n) is 16.7. The van der Waals surface area contributed by atoms with E-state index in [0.717, 1.165) is 11.6 Å². The lowest BCUT2D eigenvalue weighted by atomic mass is 10.2. The number of aromatic nitrogens is 2. The molecular weight excluding hydrogens is 411 g/mol. The van der Waals surface area contributed by atoms with Crippen molar-refractivity contribution in [2.75, 3.05) is 10.6 Å². The van der Waals surface area contributed by atoms with Gasteiger partial charge in [-0.3, -0.25) is 10.1 Å². The van der Waals surface area contributed by atoms with E-state index in [-0.39, 0.29) is 24.2 Å². The largest absolute Gasteiger partial charge is 0.444 e. The van der Waals surface area contributed by atoms with E-state index >= 15 is 0 Å². The Morgan fingerprint density at radius 3 is 2.70 bits per heavy atom. The Hall–Kier alpha value is -3.27. The van der Waals surface area contributed by atoms with Crippen LogP contribution in [-0.2, 0) is 16.0 Å². The fraction of sp³-hybridized carbons (Fsp3) is 0.300. The summed E-state index contributed by atoms with van der Waals surface area (Å²) >= 11 is 1.52. The zero-order chi connectivity index (χ0) is 21.7. The van der Waals surface area contributed by atoms with E-state index in [1.807, 2.05) is 16.8 Å². The van der Waals surface area contributed by atoms with Crippen LogP contribution >= 0.6 is 11.3 Å². The Kier molecular flexibility index (Phi) is 6.46. The van der Waals surface area contributed by atoms with Crippen LogP contribution in [0.5, 0.6) is 0 Å². The van der Waals surface area contributed by atoms with Crippen molar-refractivity contribution in [3.8, 4) is 11.4 Å². The second-order valence-corrected chi connectivity index (χ2v) is 8.17. The number of nitrogens with zero attached hydrogens (tertiary/aromatic N) is 2. The number of carbonyl (C=O) groups excluding carboxylic acids is 2. The number of carbonyl (C=O) groups is 2. The van der Waals surface area contributed by atoms with Crippen LogP contribution in [-0.4, -0.2) is 27.7 Å². The van der Waals surface area contributed by atoms with Crippen LogP contribution in [0.2, 0.25) is 0 Å². The lowest BCUT2D eigenvalue weighted by Crippen LogP contribution is -2.27. The lowest BCUT2D eigenvalue weighted by molar-refractivity contribution is -0.116. The van der Waals surface area contributed by atoms with E-state index in [4.69, 9.17) is 9.26 Å². The highest BCUT2D eigenvalue weighted by molar-refractivity contribution is 7.08. The number of thiophene rings is 1. The van der Waals surface area contributed by atoms with Crippen LogP contribution in [0.1, 0.15) is 33.1 Å². The van der Waals surface area contributed by atoms with E-state index in [0.29, 0.717) is 11.7 Å². The van der Waals surface area contributed by atoms with Crippen molar-refractivity contribution in [3.05, 3.63) is 46.7 Å². The summed E-state index contributed by atoms with van der Waals surface area (Å²) in [6, 6.07) is 5.51. The van der Waals surface area contributed by atoms with Gasteiger partial charge in [-0.1, -0.05) is 5.16 Å². The number of nitrogens with one attached hydrogen (secondary N) is 2. The summed E-state index contributed by atoms with van der Waals surface area (Å²) in [4.78, 5) is 28.6. The Balaban J connectivity index is 1.60. The Morgan fingerprint density at radius 2 is 2.00 bits per heavy atom. The molecule has 0 bridgehead atoms. The van der Waals surface area contributed by atoms with Gasteiger partial charge in [-0.25, -0.2) is 9.18 Å². The molecule has 3 aromatic rings. The molecule has 0 atom stereocenters. The number of anilines is 2. The fourth-order valence-corrected chi connectivity index (χ4v) is 3.08. The molecule has 2 aromatic heterocycles. The van der Waals surface area contributed by atoms with Crippen molar-refractivity contribution in [1.82, 2.24) is 10.1 Å². The van der Waals surface area contributed by atoms with Gasteiger partial charge in [0.15, 0.2) is 0 Å². The van der Waals surface area contributed by atoms with Crippen molar-refractivity contribution < 1.29 is 23.2 Å². The average molecular weight is 432 g/mol. The monoisotopic (exact) mass is 432 g/mol. The molecule has 1 aromatic carbocycles. The minimum absolute atomic E-state index is 0.0354. The molecule has 0 radical (unpaired) electrons. The van der Waals surface area contributed by atoms with Gasteiger partial charge in [0.05, 0.1) is 11.4 Å². The third-order valence-corrected chi connectivity index (χ3v) is 4.39. The Labute approximate surface area is 176 Å². The molecule has 158 valence electrons. The predicted molar refractivity (Wildman–Crippen MR) is 111 cm³/mol. The Bertz CT molecular complexity index is 1030. The normalized spacial score (nSPS) is 11.2. The lowest BCUT2D eigenvalue weighted by Gasteiger charge is -2.20. The molecule has 3 rings (SSSR count). The minimum atomic E-state index is -0.712. The first kappa shape index (κ1) is 21.4. The van der Waals surface area contributed by atoms with Gasteiger partial charge in [0.1, 0.15) is 11.4 Å². The van der Waals surface area contributed by atoms with Crippen LogP contribution in [0, 0.1) is 5.82 Å². The molecule has 0 aliphatic heterocycles. The summed E-state index contributed by atoms with van der Waals surface area (Å²) < 4.78 is 24.0. The predicted octanol–water partition coefficient (Wildman–Crippen LogP) is 4.86. The van der Waals surface area contributed by atoms with E-state index in [9.17, 15) is 14.0 Å². The second-order valence-electron chi connectivity index (χ2n) is 7.39. The van der Waals surface area contributed by atoms with Gasteiger partial charge in [0, 0.05) is 23.8 Å². The van der Waals surface area contributed by atoms with Gasteiger partial charge < -0.3 is 14.6 Å². The zero-order valence-corrected chi connectivity index (χ0v) is 17.5. The van der Waals surface area contributed by atoms with E-state index < -0.39 is 23.4 Å². The number of ether oxygens (including phenoxy) is 1. The molecule has 0 spiro atoms. The summed E-state index contributed by atoms with van der Waals surface area (Å²) in [7, 11) is 0. The smallest absolute Gasteiger partial charge is 0.412 e. The van der Waals surface area contributed by atoms with Crippen molar-refractivity contribution >= 4 is 34.7 Å². The average Bonchev–Trinajstić information content (AvgIpc) is 3.32. The van der Waals surface area contributed by atoms with E-state index in [1.165, 1.54) is 23.5 Å². The van der Waals surface area contributed by atoms with Crippen LogP contribution in [0.4, 0.5) is 20.6 Å². The van der Waals surface area contributed by atoms with Crippen LogP contribution < -0.4 is 10.6 Å². The van der Waals surface area contributed by atoms with Crippen molar-refractivity contribution in [2.45, 2.75) is 39.2 Å². The molecule has 0 saturated heterocycles. The number of benzene rings is 1. The highest BCUT2D eigenvalue weighted by Gasteiger charge is 2.18. The minimum Gasteiger partial charge on any atom is -0.444 e. The van der Waals surface area contributed by atoms with Crippen LogP contribution in [0.25, 0.3) is 11.4 Å². The first-order valence-electron chi connectivity index (χ1n) is 9.14. The van der Waals surface area contributed by atoms with Crippen molar-refractivity contribution in [1.29, 1.82) is 0 Å². The first-order valence-corrected chi connectivity index (χ1v) is 10.1. The molecule has 10 heteroatoms. The maximum atomic E-state index is 13.7. The van der Waals surface area contributed by atoms with Gasteiger partial charge in [0.2, 0.25) is 17.6 Å². The third-order valence-electron chi connectivity index (χ3n) is 3.70. The molecule has 8 nitrogen and oxygen atoms in total. The molecule has 0 aliphatic carbocycles. The van der Waals surface area contributed by atoms with Gasteiger partial charge in [0.25, 0.3) is 0 Å². The van der Waals surface area contributed by atoms with Crippen LogP contribution in [0.3, 0.4) is 0 Å². The highest BCUT2D eigenvalue weighted by atomic mass is 32.1. The van der Waals surface area contributed by atoms with Gasteiger partial charge in [-0.2, -0.15) is 16.3 Å². The molecule has 0 fully saturated rings. The maximum absolute atomic E-state index is 13.7. The standard InChI is InChI=1S/C20H21FN4O4S/c1-20(2,3)28-19(27)23-14-5-4-13(21)10-15(14)22-16(26)6-7-17-24-18(25-29-17)12-8-9-30-11-12/h4-5,8-11H,6-7H2,1-3H3,(H,22,26)(H,23,27). The number of aryl methyl sites for hydroxylation is 1. The molecular formula is C20H21FN4O4S. The topological polar surface area (TPSA) is 106 Å². The number of rotatable bonds is 6. The molecule has 0 aliphatic rings. The summed E-state index contributed by atoms with van der Waals surface area (Å²) in [5, 5.41) is 12.8. The number of hydrogen-bond donors (Lipinski definition) is 2. The van der Waals surface area contributed by atoms with E-state index in [2.05, 4.69) is 20.8 Å². The first-order chi connectivity index (χ1) is 14.2. The molecule has 2 amide bonds. The van der Waals surface area contributed by atoms with Crippen LogP contribution in [0.15, 0.2) is 39.5 Å².